The quantitative estimate of drug-likeness (QED) is 0.543. The van der Waals surface area contributed by atoms with Gasteiger partial charge in [0.25, 0.3) is 5.78 Å². The summed E-state index contributed by atoms with van der Waals surface area (Å²) in [5, 5.41) is 8.10. The lowest BCUT2D eigenvalue weighted by molar-refractivity contribution is 0.0990. The van der Waals surface area contributed by atoms with E-state index in [1.807, 2.05) is 12.1 Å². The molecule has 4 aromatic rings. The number of rotatable bonds is 5. The van der Waals surface area contributed by atoms with Crippen LogP contribution in [0.3, 0.4) is 0 Å². The van der Waals surface area contributed by atoms with Crippen LogP contribution >= 0.6 is 0 Å². The van der Waals surface area contributed by atoms with Gasteiger partial charge < -0.3 is 5.73 Å². The predicted molar refractivity (Wildman–Crippen MR) is 100 cm³/mol. The van der Waals surface area contributed by atoms with Gasteiger partial charge >= 0.3 is 0 Å². The van der Waals surface area contributed by atoms with Crippen molar-refractivity contribution >= 4 is 29.4 Å². The number of nitrogens with zero attached hydrogens (tertiary/aromatic N) is 4. The van der Waals surface area contributed by atoms with Crippen LogP contribution in [0, 0.1) is 0 Å². The number of benzene rings is 2. The second kappa shape index (κ2) is 6.80. The Kier molecular flexibility index (Phi) is 4.18. The number of carbonyl (C=O) groups is 2. The van der Waals surface area contributed by atoms with E-state index < -0.39 is 0 Å². The van der Waals surface area contributed by atoms with E-state index in [-0.39, 0.29) is 29.7 Å². The molecule has 2 heterocycles. The number of imidazole rings is 1. The van der Waals surface area contributed by atoms with Gasteiger partial charge in [-0.15, -0.1) is 10.2 Å². The number of carbonyl (C=O) groups excluding carboxylic acids is 2. The first-order valence-corrected chi connectivity index (χ1v) is 8.32. The molecule has 0 unspecified atom stereocenters. The average Bonchev–Trinajstić information content (AvgIpc) is 3.23. The van der Waals surface area contributed by atoms with Crippen LogP contribution in [0.15, 0.2) is 60.7 Å². The summed E-state index contributed by atoms with van der Waals surface area (Å²) in [6.07, 6.45) is 1.45. The molecule has 7 nitrogen and oxygen atoms in total. The summed E-state index contributed by atoms with van der Waals surface area (Å²) < 4.78 is 1.48. The third-order valence-corrected chi connectivity index (χ3v) is 4.19. The van der Waals surface area contributed by atoms with Crippen molar-refractivity contribution in [2.24, 2.45) is 0 Å². The average molecular weight is 357 g/mol. The van der Waals surface area contributed by atoms with Crippen molar-refractivity contribution in [3.05, 3.63) is 82.8 Å². The molecule has 0 saturated carbocycles. The molecule has 0 aliphatic rings. The second-order valence-electron chi connectivity index (χ2n) is 5.98. The Labute approximate surface area is 154 Å². The highest BCUT2D eigenvalue weighted by Gasteiger charge is 2.17. The minimum absolute atomic E-state index is 0.0285. The van der Waals surface area contributed by atoms with Gasteiger partial charge in [-0.05, 0) is 0 Å². The number of aromatic nitrogens is 4. The largest absolute Gasteiger partial charge is 0.368 e. The molecule has 0 spiro atoms. The molecule has 132 valence electrons. The zero-order valence-corrected chi connectivity index (χ0v) is 14.2. The molecule has 0 aliphatic carbocycles. The van der Waals surface area contributed by atoms with Gasteiger partial charge in [0.05, 0.1) is 17.5 Å². The Hall–Kier alpha value is -3.87. The first kappa shape index (κ1) is 16.6. The summed E-state index contributed by atoms with van der Waals surface area (Å²) in [6, 6.07) is 17.8. The third kappa shape index (κ3) is 3.18. The Balaban J connectivity index is 1.80. The van der Waals surface area contributed by atoms with Crippen molar-refractivity contribution in [3.8, 4) is 0 Å². The summed E-state index contributed by atoms with van der Waals surface area (Å²) in [4.78, 5) is 29.6. The fraction of sp³-hybridized carbons (Fsp3) is 0.0500. The molecule has 0 saturated heterocycles. The van der Waals surface area contributed by atoms with Gasteiger partial charge in [0.2, 0.25) is 5.95 Å². The molecule has 0 radical (unpaired) electrons. The van der Waals surface area contributed by atoms with Crippen LogP contribution in [0.25, 0.3) is 11.9 Å². The predicted octanol–water partition coefficient (Wildman–Crippen LogP) is 1.51. The SMILES string of the molecule is Nc1nnc2nc(CC(=O)c3ccccc3)c(=CC(=O)c3ccccc3)n12. The minimum Gasteiger partial charge on any atom is -0.368 e. The van der Waals surface area contributed by atoms with E-state index in [4.69, 9.17) is 5.73 Å². The van der Waals surface area contributed by atoms with Gasteiger partial charge in [0, 0.05) is 17.2 Å². The second-order valence-corrected chi connectivity index (χ2v) is 5.98. The first-order chi connectivity index (χ1) is 13.1. The van der Waals surface area contributed by atoms with Crippen molar-refractivity contribution in [2.75, 3.05) is 5.73 Å². The van der Waals surface area contributed by atoms with E-state index in [1.54, 1.807) is 48.5 Å². The molecular weight excluding hydrogens is 342 g/mol. The smallest absolute Gasteiger partial charge is 0.257 e. The minimum atomic E-state index is -0.216. The zero-order valence-electron chi connectivity index (χ0n) is 14.2. The van der Waals surface area contributed by atoms with E-state index in [2.05, 4.69) is 15.2 Å². The Morgan fingerprint density at radius 3 is 2.22 bits per heavy atom. The van der Waals surface area contributed by atoms with Crippen LogP contribution in [0.4, 0.5) is 5.95 Å². The van der Waals surface area contributed by atoms with Crippen molar-refractivity contribution in [2.45, 2.75) is 6.42 Å². The third-order valence-electron chi connectivity index (χ3n) is 4.19. The van der Waals surface area contributed by atoms with E-state index in [9.17, 15) is 9.59 Å². The molecule has 2 aromatic carbocycles. The molecule has 2 N–H and O–H groups in total. The van der Waals surface area contributed by atoms with Crippen LogP contribution < -0.4 is 11.1 Å². The van der Waals surface area contributed by atoms with Gasteiger partial charge in [0.1, 0.15) is 0 Å². The van der Waals surface area contributed by atoms with Gasteiger partial charge in [0.15, 0.2) is 11.6 Å². The number of hydrogen-bond donors (Lipinski definition) is 1. The maximum atomic E-state index is 12.6. The fourth-order valence-electron chi connectivity index (χ4n) is 2.86. The number of anilines is 1. The lowest BCUT2D eigenvalue weighted by Crippen LogP contribution is -2.20. The maximum Gasteiger partial charge on any atom is 0.257 e. The summed E-state index contributed by atoms with van der Waals surface area (Å²) in [6.45, 7) is 0. The summed E-state index contributed by atoms with van der Waals surface area (Å²) >= 11 is 0. The molecule has 27 heavy (non-hydrogen) atoms. The van der Waals surface area contributed by atoms with Crippen LogP contribution in [0.2, 0.25) is 0 Å². The number of ketones is 2. The van der Waals surface area contributed by atoms with Gasteiger partial charge in [-0.2, -0.15) is 0 Å². The van der Waals surface area contributed by atoms with E-state index in [1.165, 1.54) is 10.5 Å². The lowest BCUT2D eigenvalue weighted by Gasteiger charge is -1.99. The lowest BCUT2D eigenvalue weighted by atomic mass is 10.1. The van der Waals surface area contributed by atoms with E-state index in [0.717, 1.165) is 0 Å². The molecule has 0 fully saturated rings. The highest BCUT2D eigenvalue weighted by atomic mass is 16.1. The van der Waals surface area contributed by atoms with E-state index >= 15 is 0 Å². The molecule has 4 rings (SSSR count). The van der Waals surface area contributed by atoms with Gasteiger partial charge in [-0.1, -0.05) is 60.7 Å². The Morgan fingerprint density at radius 1 is 0.926 bits per heavy atom. The van der Waals surface area contributed by atoms with Gasteiger partial charge in [-0.3, -0.25) is 9.59 Å². The highest BCUT2D eigenvalue weighted by molar-refractivity contribution is 6.17. The van der Waals surface area contributed by atoms with Gasteiger partial charge in [-0.25, -0.2) is 9.38 Å². The summed E-state index contributed by atoms with van der Waals surface area (Å²) in [5.74, 6) is 0.0506. The Morgan fingerprint density at radius 2 is 1.56 bits per heavy atom. The van der Waals surface area contributed by atoms with E-state index in [0.29, 0.717) is 22.2 Å². The summed E-state index contributed by atoms with van der Waals surface area (Å²) in [5.41, 5.74) is 7.42. The summed E-state index contributed by atoms with van der Waals surface area (Å²) in [7, 11) is 0. The number of nitrogen functional groups attached to an aromatic ring is 1. The molecule has 0 aliphatic heterocycles. The zero-order chi connectivity index (χ0) is 18.8. The molecule has 0 atom stereocenters. The molecule has 0 bridgehead atoms. The van der Waals surface area contributed by atoms with Crippen LogP contribution in [0.1, 0.15) is 26.4 Å². The maximum absolute atomic E-state index is 12.6. The van der Waals surface area contributed by atoms with Crippen LogP contribution in [0.5, 0.6) is 0 Å². The molecular formula is C20H15N5O2. The topological polar surface area (TPSA) is 103 Å². The van der Waals surface area contributed by atoms with Crippen molar-refractivity contribution in [1.82, 2.24) is 19.6 Å². The monoisotopic (exact) mass is 357 g/mol. The number of Topliss-reactive ketones (excluding diaryl/α,β-unsaturated/α-hetero) is 2. The molecule has 2 aromatic heterocycles. The molecule has 7 heteroatoms. The van der Waals surface area contributed by atoms with Crippen LogP contribution in [-0.4, -0.2) is 31.1 Å². The van der Waals surface area contributed by atoms with Crippen molar-refractivity contribution in [1.29, 1.82) is 0 Å². The fourth-order valence-corrected chi connectivity index (χ4v) is 2.86. The first-order valence-electron chi connectivity index (χ1n) is 8.32. The normalized spacial score (nSPS) is 11.8. The van der Waals surface area contributed by atoms with Crippen molar-refractivity contribution < 1.29 is 9.59 Å². The van der Waals surface area contributed by atoms with Crippen LogP contribution in [-0.2, 0) is 6.42 Å². The molecule has 0 amide bonds. The Bertz CT molecular complexity index is 1180. The number of fused-ring (bicyclic) bond motifs is 1. The van der Waals surface area contributed by atoms with Crippen molar-refractivity contribution in [3.63, 3.8) is 0 Å². The highest BCUT2D eigenvalue weighted by Crippen LogP contribution is 2.08. The standard InChI is InChI=1S/C20H15N5O2/c21-19-23-24-20-22-15(11-17(26)13-7-3-1-4-8-13)16(25(19)20)12-18(27)14-9-5-2-6-10-14/h1-10,12H,11H2,(H2,21,23). The number of nitrogens with two attached hydrogens (primary N) is 1. The number of hydrogen-bond acceptors (Lipinski definition) is 6.